The molecule has 3 saturated carbocycles. The molecule has 3 aliphatic heterocycles. The molecule has 5 aromatic rings. The van der Waals surface area contributed by atoms with Crippen LogP contribution in [0.1, 0.15) is 92.6 Å². The van der Waals surface area contributed by atoms with E-state index in [4.69, 9.17) is 28.2 Å². The van der Waals surface area contributed by atoms with Crippen molar-refractivity contribution in [2.24, 2.45) is 11.8 Å². The van der Waals surface area contributed by atoms with Crippen molar-refractivity contribution in [3.8, 4) is 17.2 Å². The van der Waals surface area contributed by atoms with Gasteiger partial charge in [-0.25, -0.2) is 14.1 Å². The zero-order chi connectivity index (χ0) is 35.6. The highest BCUT2D eigenvalue weighted by Gasteiger charge is 2.51. The van der Waals surface area contributed by atoms with E-state index in [2.05, 4.69) is 50.4 Å². The third-order valence-electron chi connectivity index (χ3n) is 12.8. The summed E-state index contributed by atoms with van der Waals surface area (Å²) in [7, 11) is 0. The van der Waals surface area contributed by atoms with Gasteiger partial charge in [-0.2, -0.15) is 5.26 Å². The van der Waals surface area contributed by atoms with Crippen LogP contribution in [0.3, 0.4) is 0 Å². The number of aryl methyl sites for hydroxylation is 2. The van der Waals surface area contributed by atoms with Gasteiger partial charge in [-0.15, -0.1) is 5.10 Å². The summed E-state index contributed by atoms with van der Waals surface area (Å²) in [5.41, 5.74) is 5.63. The Hall–Kier alpha value is -4.04. The first-order chi connectivity index (χ1) is 25.1. The minimum absolute atomic E-state index is 0.00463. The van der Waals surface area contributed by atoms with Crippen molar-refractivity contribution < 1.29 is 9.18 Å². The van der Waals surface area contributed by atoms with E-state index >= 15 is 4.39 Å². The molecule has 2 aromatic carbocycles. The highest BCUT2D eigenvalue weighted by molar-refractivity contribution is 6.43. The predicted octanol–water partition coefficient (Wildman–Crippen LogP) is 8.17. The fourth-order valence-corrected chi connectivity index (χ4v) is 9.76. The molecule has 0 spiro atoms. The number of fused-ring (bicyclic) bond motifs is 4. The summed E-state index contributed by atoms with van der Waals surface area (Å²) >= 11 is 13.1. The van der Waals surface area contributed by atoms with Crippen molar-refractivity contribution in [3.63, 3.8) is 0 Å². The average molecular weight is 738 g/mol. The molecular formula is C40H39Cl2FN8O. The summed E-state index contributed by atoms with van der Waals surface area (Å²) in [6.07, 6.45) is 8.55. The maximum Gasteiger partial charge on any atom is 0.226 e. The third-order valence-corrected chi connectivity index (χ3v) is 13.6. The first kappa shape index (κ1) is 32.6. The number of nitrogens with zero attached hydrogens (tertiary/aromatic N) is 7. The molecule has 52 heavy (non-hydrogen) atoms. The van der Waals surface area contributed by atoms with Crippen LogP contribution in [0.5, 0.6) is 0 Å². The zero-order valence-corrected chi connectivity index (χ0v) is 30.7. The molecule has 11 rings (SSSR count). The van der Waals surface area contributed by atoms with Gasteiger partial charge in [-0.05, 0) is 81.5 Å². The van der Waals surface area contributed by atoms with Gasteiger partial charge in [0, 0.05) is 76.4 Å². The molecule has 3 saturated heterocycles. The summed E-state index contributed by atoms with van der Waals surface area (Å²) in [6, 6.07) is 12.0. The molecule has 3 aromatic heterocycles. The van der Waals surface area contributed by atoms with Gasteiger partial charge in [-0.1, -0.05) is 47.5 Å². The van der Waals surface area contributed by atoms with E-state index in [9.17, 15) is 10.1 Å². The highest BCUT2D eigenvalue weighted by atomic mass is 35.5. The van der Waals surface area contributed by atoms with Crippen molar-refractivity contribution in [1.82, 2.24) is 34.8 Å². The van der Waals surface area contributed by atoms with E-state index < -0.39 is 5.82 Å². The monoisotopic (exact) mass is 736 g/mol. The van der Waals surface area contributed by atoms with E-state index in [0.717, 1.165) is 66.6 Å². The lowest BCUT2D eigenvalue weighted by atomic mass is 9.79. The van der Waals surface area contributed by atoms with Crippen LogP contribution in [0.15, 0.2) is 36.5 Å². The van der Waals surface area contributed by atoms with E-state index in [0.29, 0.717) is 52.4 Å². The molecule has 0 radical (unpaired) electrons. The van der Waals surface area contributed by atoms with Crippen LogP contribution < -0.4 is 5.32 Å². The molecule has 6 aliphatic rings. The summed E-state index contributed by atoms with van der Waals surface area (Å²) in [5.74, 6) is 0.231. The number of carbonyl (C=O) groups excluding carboxylic acids is 1. The van der Waals surface area contributed by atoms with Crippen LogP contribution in [0.2, 0.25) is 10.0 Å². The van der Waals surface area contributed by atoms with Crippen LogP contribution in [0, 0.1) is 35.9 Å². The summed E-state index contributed by atoms with van der Waals surface area (Å²) in [4.78, 5) is 21.1. The number of nitrogens with one attached hydrogen (secondary N) is 1. The van der Waals surface area contributed by atoms with E-state index in [1.807, 2.05) is 17.7 Å². The molecular weight excluding hydrogens is 698 g/mol. The van der Waals surface area contributed by atoms with Crippen molar-refractivity contribution in [2.75, 3.05) is 13.1 Å². The molecule has 2 bridgehead atoms. The number of hydrogen-bond acceptors (Lipinski definition) is 6. The number of rotatable bonds is 8. The van der Waals surface area contributed by atoms with Gasteiger partial charge in [0.1, 0.15) is 5.52 Å². The predicted molar refractivity (Wildman–Crippen MR) is 198 cm³/mol. The van der Waals surface area contributed by atoms with Crippen molar-refractivity contribution >= 4 is 50.9 Å². The van der Waals surface area contributed by atoms with Gasteiger partial charge in [0.05, 0.1) is 45.5 Å². The molecule has 1 N–H and O–H groups in total. The van der Waals surface area contributed by atoms with Gasteiger partial charge in [-0.3, -0.25) is 4.79 Å². The van der Waals surface area contributed by atoms with Gasteiger partial charge < -0.3 is 14.8 Å². The number of nitriles is 1. The second-order valence-electron chi connectivity index (χ2n) is 16.1. The van der Waals surface area contributed by atoms with Gasteiger partial charge in [0.15, 0.2) is 5.82 Å². The third kappa shape index (κ3) is 4.88. The lowest BCUT2D eigenvalue weighted by Gasteiger charge is -2.39. The van der Waals surface area contributed by atoms with Crippen molar-refractivity contribution in [2.45, 2.75) is 94.8 Å². The second kappa shape index (κ2) is 11.7. The second-order valence-corrected chi connectivity index (χ2v) is 16.9. The Labute approximate surface area is 311 Å². The minimum atomic E-state index is -0.471. The first-order valence-corrected chi connectivity index (χ1v) is 19.3. The average Bonchev–Trinajstić information content (AvgIpc) is 3.68. The number of hydrogen-bond donors (Lipinski definition) is 1. The minimum Gasteiger partial charge on any atom is -0.337 e. The van der Waals surface area contributed by atoms with Crippen LogP contribution >= 0.6 is 23.2 Å². The lowest BCUT2D eigenvalue weighted by molar-refractivity contribution is -0.133. The highest BCUT2D eigenvalue weighted by Crippen LogP contribution is 2.52. The van der Waals surface area contributed by atoms with E-state index in [1.165, 1.54) is 0 Å². The standard InChI is InChI=1S/C40H39Cl2FN8O/c1-20-26-16-31(30-15-24(18-49(30)39(52)21-8-9-21)50-19-32(47-48-50)40(2)10-11-40)51(37-23-14-29(37)45-17-23)38(26)27-13-22(5-4-12-44)33(35(43)36(27)46-20)25-6-3-7-28(41)34(25)42/h3,6-7,13,16,19,21,23-24,29-30,37,45H,4-5,8-11,14-15,17-18H2,1-2H3/t23-,24+,29-,30-,37+/m1/s1. The molecule has 0 unspecified atom stereocenters. The summed E-state index contributed by atoms with van der Waals surface area (Å²) in [5, 5.41) is 24.8. The number of carbonyl (C=O) groups is 1. The number of pyridine rings is 1. The number of halogens is 3. The Balaban J connectivity index is 1.19. The lowest BCUT2D eigenvalue weighted by Crippen LogP contribution is -2.41. The quantitative estimate of drug-likeness (QED) is 0.172. The molecule has 6 heterocycles. The molecule has 12 heteroatoms. The normalized spacial score (nSPS) is 25.9. The number of likely N-dealkylation sites (tertiary alicyclic amines) is 1. The zero-order valence-electron chi connectivity index (χ0n) is 29.2. The Bertz CT molecular complexity index is 2360. The van der Waals surface area contributed by atoms with Gasteiger partial charge >= 0.3 is 0 Å². The fourth-order valence-electron chi connectivity index (χ4n) is 9.37. The maximum absolute atomic E-state index is 17.2. The van der Waals surface area contributed by atoms with Crippen molar-refractivity contribution in [3.05, 3.63) is 75.0 Å². The first-order valence-electron chi connectivity index (χ1n) is 18.6. The van der Waals surface area contributed by atoms with Gasteiger partial charge in [0.2, 0.25) is 5.91 Å². The Morgan fingerprint density at radius 1 is 1.17 bits per heavy atom. The van der Waals surface area contributed by atoms with Crippen LogP contribution in [0.4, 0.5) is 4.39 Å². The number of benzene rings is 2. The topological polar surface area (TPSA) is 105 Å². The molecule has 9 nitrogen and oxygen atoms in total. The molecule has 3 aliphatic carbocycles. The van der Waals surface area contributed by atoms with Crippen LogP contribution in [-0.2, 0) is 16.6 Å². The molecule has 1 amide bonds. The van der Waals surface area contributed by atoms with E-state index in [-0.39, 0.29) is 58.4 Å². The number of aromatic nitrogens is 5. The summed E-state index contributed by atoms with van der Waals surface area (Å²) < 4.78 is 21.7. The Morgan fingerprint density at radius 3 is 2.71 bits per heavy atom. The fraction of sp³-hybridized carbons (Fsp3) is 0.475. The largest absolute Gasteiger partial charge is 0.337 e. The molecule has 266 valence electrons. The number of amides is 1. The smallest absolute Gasteiger partial charge is 0.226 e. The van der Waals surface area contributed by atoms with Crippen molar-refractivity contribution in [1.29, 1.82) is 5.26 Å². The Morgan fingerprint density at radius 2 is 2.00 bits per heavy atom. The molecule has 6 fully saturated rings. The Kier molecular flexibility index (Phi) is 7.35. The molecule has 5 atom stereocenters. The maximum atomic E-state index is 17.2. The van der Waals surface area contributed by atoms with Crippen LogP contribution in [0.25, 0.3) is 32.9 Å². The van der Waals surface area contributed by atoms with Gasteiger partial charge in [0.25, 0.3) is 0 Å². The van der Waals surface area contributed by atoms with E-state index in [1.54, 1.807) is 18.2 Å². The SMILES string of the molecule is Cc1nc2c(F)c(-c3cccc(Cl)c3Cl)c(CCC#N)cc2c2c1cc([C@H]1C[C@H](n3cc(C4(C)CC4)nn3)CN1C(=O)C1CC1)n2[C@H]1[C@H]2CN[C@@H]1C2. The van der Waals surface area contributed by atoms with Crippen LogP contribution in [-0.4, -0.2) is 54.5 Å². The summed E-state index contributed by atoms with van der Waals surface area (Å²) in [6.45, 7) is 5.68.